The van der Waals surface area contributed by atoms with Crippen LogP contribution in [0.5, 0.6) is 0 Å². The SMILES string of the molecule is CC1=C(c2cccc(-c3ccc(C4CC4)nc3CN3C(=O)O[C@H](c4cc(C(F)(F)F)cc(C(F)(F)F)c4)[C@@H]3C)c2)C=CC(F)(C(=O)O)C1. The lowest BCUT2D eigenvalue weighted by atomic mass is 9.85. The lowest BCUT2D eigenvalue weighted by molar-refractivity contribution is -0.147. The van der Waals surface area contributed by atoms with E-state index in [9.17, 15) is 45.4 Å². The first-order valence-electron chi connectivity index (χ1n) is 15.1. The van der Waals surface area contributed by atoms with Crippen LogP contribution < -0.4 is 0 Å². The molecular weight excluding hydrogens is 645 g/mol. The maximum Gasteiger partial charge on any atom is 0.416 e. The zero-order valence-electron chi connectivity index (χ0n) is 25.6. The van der Waals surface area contributed by atoms with Gasteiger partial charge in [0.1, 0.15) is 6.10 Å². The zero-order valence-corrected chi connectivity index (χ0v) is 25.6. The summed E-state index contributed by atoms with van der Waals surface area (Å²) in [5.41, 5.74) is -1.57. The molecule has 0 spiro atoms. The van der Waals surface area contributed by atoms with Crippen molar-refractivity contribution >= 4 is 17.6 Å². The van der Waals surface area contributed by atoms with E-state index in [1.807, 2.05) is 18.2 Å². The van der Waals surface area contributed by atoms with Crippen molar-refractivity contribution in [2.45, 2.75) is 75.7 Å². The highest BCUT2D eigenvalue weighted by atomic mass is 19.4. The first kappa shape index (κ1) is 33.2. The van der Waals surface area contributed by atoms with Crippen molar-refractivity contribution in [2.75, 3.05) is 0 Å². The highest BCUT2D eigenvalue weighted by molar-refractivity contribution is 5.87. The summed E-state index contributed by atoms with van der Waals surface area (Å²) in [6.45, 7) is 2.99. The van der Waals surface area contributed by atoms with Crippen LogP contribution in [-0.4, -0.2) is 38.8 Å². The van der Waals surface area contributed by atoms with Gasteiger partial charge in [-0.15, -0.1) is 0 Å². The van der Waals surface area contributed by atoms with Crippen molar-refractivity contribution in [1.82, 2.24) is 9.88 Å². The Morgan fingerprint density at radius 1 is 1.00 bits per heavy atom. The zero-order chi connectivity index (χ0) is 34.8. The molecule has 2 fully saturated rings. The average Bonchev–Trinajstić information content (AvgIpc) is 3.83. The van der Waals surface area contributed by atoms with E-state index >= 15 is 0 Å². The van der Waals surface area contributed by atoms with Gasteiger partial charge in [-0.25, -0.2) is 14.0 Å². The lowest BCUT2D eigenvalue weighted by Gasteiger charge is -2.24. The van der Waals surface area contributed by atoms with Gasteiger partial charge < -0.3 is 9.84 Å². The minimum atomic E-state index is -5.06. The van der Waals surface area contributed by atoms with E-state index in [1.54, 1.807) is 25.1 Å². The first-order valence-corrected chi connectivity index (χ1v) is 15.1. The van der Waals surface area contributed by atoms with Gasteiger partial charge in [0, 0.05) is 23.6 Å². The Labute approximate surface area is 270 Å². The molecule has 0 radical (unpaired) electrons. The van der Waals surface area contributed by atoms with Crippen molar-refractivity contribution in [3.05, 3.63) is 106 Å². The predicted molar refractivity (Wildman–Crippen MR) is 160 cm³/mol. The number of benzene rings is 2. The number of ether oxygens (including phenoxy) is 1. The molecular formula is C35H29F7N2O4. The lowest BCUT2D eigenvalue weighted by Crippen LogP contribution is -2.33. The third kappa shape index (κ3) is 6.42. The Morgan fingerprint density at radius 2 is 1.65 bits per heavy atom. The van der Waals surface area contributed by atoms with Crippen LogP contribution in [0.4, 0.5) is 35.5 Å². The molecule has 252 valence electrons. The molecule has 0 bridgehead atoms. The smallest absolute Gasteiger partial charge is 0.416 e. The number of alkyl halides is 7. The fourth-order valence-electron chi connectivity index (χ4n) is 6.21. The number of allylic oxidation sites excluding steroid dienone is 3. The van der Waals surface area contributed by atoms with Gasteiger partial charge in [-0.1, -0.05) is 35.9 Å². The molecule has 2 heterocycles. The Balaban J connectivity index is 1.34. The van der Waals surface area contributed by atoms with Crippen molar-refractivity contribution in [2.24, 2.45) is 0 Å². The number of aromatic nitrogens is 1. The molecule has 3 aliphatic rings. The number of aliphatic carboxylic acids is 1. The molecule has 6 rings (SSSR count). The van der Waals surface area contributed by atoms with E-state index in [0.717, 1.165) is 24.6 Å². The van der Waals surface area contributed by atoms with Crippen LogP contribution in [0.25, 0.3) is 16.7 Å². The van der Waals surface area contributed by atoms with Crippen LogP contribution in [0.2, 0.25) is 0 Å². The molecule has 1 amide bonds. The number of hydrogen-bond donors (Lipinski definition) is 1. The molecule has 1 aliphatic heterocycles. The Bertz CT molecular complexity index is 1830. The molecule has 1 aromatic heterocycles. The van der Waals surface area contributed by atoms with Crippen LogP contribution in [-0.2, 0) is 28.4 Å². The maximum absolute atomic E-state index is 14.8. The third-order valence-corrected chi connectivity index (χ3v) is 8.98. The van der Waals surface area contributed by atoms with Gasteiger partial charge in [0.25, 0.3) is 0 Å². The van der Waals surface area contributed by atoms with Gasteiger partial charge in [0.2, 0.25) is 5.67 Å². The number of cyclic esters (lactones) is 1. The molecule has 3 aromatic rings. The van der Waals surface area contributed by atoms with Crippen LogP contribution in [0, 0.1) is 0 Å². The summed E-state index contributed by atoms with van der Waals surface area (Å²) < 4.78 is 102. The van der Waals surface area contributed by atoms with Crippen LogP contribution in [0.3, 0.4) is 0 Å². The summed E-state index contributed by atoms with van der Waals surface area (Å²) in [7, 11) is 0. The van der Waals surface area contributed by atoms with Crippen LogP contribution in [0.15, 0.2) is 72.3 Å². The number of rotatable bonds is 7. The van der Waals surface area contributed by atoms with E-state index in [4.69, 9.17) is 9.72 Å². The second kappa shape index (κ2) is 11.8. The summed E-state index contributed by atoms with van der Waals surface area (Å²) >= 11 is 0. The van der Waals surface area contributed by atoms with E-state index in [0.29, 0.717) is 45.7 Å². The number of carbonyl (C=O) groups is 2. The maximum atomic E-state index is 14.8. The highest BCUT2D eigenvalue weighted by Gasteiger charge is 2.44. The Hall–Kier alpha value is -4.68. The summed E-state index contributed by atoms with van der Waals surface area (Å²) in [6, 6.07) is 11.1. The molecule has 2 aliphatic carbocycles. The summed E-state index contributed by atoms with van der Waals surface area (Å²) in [5.74, 6) is -1.36. The van der Waals surface area contributed by atoms with Crippen molar-refractivity contribution in [3.63, 3.8) is 0 Å². The highest BCUT2D eigenvalue weighted by Crippen LogP contribution is 2.43. The second-order valence-electron chi connectivity index (χ2n) is 12.5. The minimum absolute atomic E-state index is 0.0250. The van der Waals surface area contributed by atoms with E-state index in [1.165, 1.54) is 17.9 Å². The standard InChI is InChI=1S/C35H29F7N2O4/c1-18-16-33(36,31(45)46)11-10-26(18)21-4-3-5-22(12-21)27-8-9-28(20-6-7-20)43-29(27)17-44-19(2)30(48-32(44)47)23-13-24(34(37,38)39)15-25(14-23)35(40,41)42/h3-5,8-15,19-20,30H,6-7,16-17H2,1-2H3,(H,45,46)/t19-,30-,33?/m0/s1. The number of amides is 1. The fourth-order valence-corrected chi connectivity index (χ4v) is 6.21. The summed E-state index contributed by atoms with van der Waals surface area (Å²) in [6.07, 6.45) is -8.49. The topological polar surface area (TPSA) is 79.7 Å². The molecule has 48 heavy (non-hydrogen) atoms. The van der Waals surface area contributed by atoms with Crippen molar-refractivity contribution < 1.29 is 50.2 Å². The Morgan fingerprint density at radius 3 is 2.23 bits per heavy atom. The number of carbonyl (C=O) groups excluding carboxylic acids is 1. The second-order valence-corrected chi connectivity index (χ2v) is 12.5. The van der Waals surface area contributed by atoms with Gasteiger partial charge in [0.15, 0.2) is 0 Å². The molecule has 1 saturated carbocycles. The molecule has 13 heteroatoms. The van der Waals surface area contributed by atoms with E-state index in [2.05, 4.69) is 0 Å². The van der Waals surface area contributed by atoms with E-state index < -0.39 is 58.9 Å². The molecule has 1 unspecified atom stereocenters. The number of nitrogens with zero attached hydrogens (tertiary/aromatic N) is 2. The first-order chi connectivity index (χ1) is 22.4. The number of carboxylic acids is 1. The average molecular weight is 675 g/mol. The molecule has 6 nitrogen and oxygen atoms in total. The minimum Gasteiger partial charge on any atom is -0.479 e. The molecule has 2 aromatic carbocycles. The largest absolute Gasteiger partial charge is 0.479 e. The van der Waals surface area contributed by atoms with Gasteiger partial charge in [-0.05, 0) is 85.4 Å². The number of pyridine rings is 1. The van der Waals surface area contributed by atoms with Gasteiger partial charge in [-0.3, -0.25) is 9.88 Å². The Kier molecular flexibility index (Phi) is 8.15. The monoisotopic (exact) mass is 674 g/mol. The van der Waals surface area contributed by atoms with Crippen LogP contribution in [0.1, 0.15) is 78.8 Å². The van der Waals surface area contributed by atoms with E-state index in [-0.39, 0.29) is 24.9 Å². The van der Waals surface area contributed by atoms with Crippen LogP contribution >= 0.6 is 0 Å². The molecule has 1 N–H and O–H groups in total. The predicted octanol–water partition coefficient (Wildman–Crippen LogP) is 9.27. The normalized spacial score (nSPS) is 23.1. The molecule has 3 atom stereocenters. The van der Waals surface area contributed by atoms with Gasteiger partial charge in [0.05, 0.1) is 29.4 Å². The summed E-state index contributed by atoms with van der Waals surface area (Å²) in [5, 5.41) is 9.30. The fraction of sp³-hybridized carbons (Fsp3) is 0.343. The van der Waals surface area contributed by atoms with Crippen molar-refractivity contribution in [1.29, 1.82) is 0 Å². The summed E-state index contributed by atoms with van der Waals surface area (Å²) in [4.78, 5) is 30.7. The number of carboxylic acid groups (broad SMARTS) is 1. The van der Waals surface area contributed by atoms with Crippen molar-refractivity contribution in [3.8, 4) is 11.1 Å². The number of hydrogen-bond acceptors (Lipinski definition) is 4. The quantitative estimate of drug-likeness (QED) is 0.253. The third-order valence-electron chi connectivity index (χ3n) is 8.98. The van der Waals surface area contributed by atoms with Gasteiger partial charge >= 0.3 is 24.4 Å². The number of halogens is 7. The van der Waals surface area contributed by atoms with Gasteiger partial charge in [-0.2, -0.15) is 26.3 Å². The molecule has 1 saturated heterocycles.